The minimum absolute atomic E-state index is 0.0164. The predicted octanol–water partition coefficient (Wildman–Crippen LogP) is 1.01. The molecule has 0 aliphatic carbocycles. The number of esters is 1. The average molecular weight is 796 g/mol. The van der Waals surface area contributed by atoms with Crippen LogP contribution in [-0.2, 0) is 44.7 Å². The number of nitrogens with one attached hydrogen (secondary N) is 4. The van der Waals surface area contributed by atoms with Crippen LogP contribution in [0.25, 0.3) is 0 Å². The molecule has 4 aliphatic heterocycles. The molecule has 2 aromatic rings. The molecular formula is C39H47F2N7O9. The number of anilines is 1. The molecule has 4 N–H and O–H groups in total. The van der Waals surface area contributed by atoms with E-state index in [2.05, 4.69) is 21.3 Å². The number of hydrogen-bond donors (Lipinski definition) is 4. The zero-order chi connectivity index (χ0) is 41.0. The number of urea groups is 1. The summed E-state index contributed by atoms with van der Waals surface area (Å²) in [7, 11) is 0. The molecule has 0 radical (unpaired) electrons. The Labute approximate surface area is 327 Å². The molecular weight excluding hydrogens is 748 g/mol. The summed E-state index contributed by atoms with van der Waals surface area (Å²) in [5, 5.41) is 10.4. The van der Waals surface area contributed by atoms with Gasteiger partial charge in [-0.15, -0.1) is 0 Å². The van der Waals surface area contributed by atoms with Gasteiger partial charge in [-0.2, -0.15) is 0 Å². The second kappa shape index (κ2) is 17.7. The van der Waals surface area contributed by atoms with Crippen molar-refractivity contribution in [1.29, 1.82) is 0 Å². The van der Waals surface area contributed by atoms with Gasteiger partial charge in [0.2, 0.25) is 29.5 Å². The van der Waals surface area contributed by atoms with Crippen molar-refractivity contribution in [2.24, 2.45) is 5.92 Å². The van der Waals surface area contributed by atoms with Crippen LogP contribution in [0.1, 0.15) is 44.2 Å². The maximum absolute atomic E-state index is 14.4. The molecule has 57 heavy (non-hydrogen) atoms. The standard InChI is InChI=1S/C39H47F2N7O9/c1-21-6-8-27(9-7-21)43-39(55)45-28(16-24-14-25(40)17-26(41)15-24)33(49)44-29-19-57-38(54)31-13-22(2)18-48(31)35(51)23(3)42-34(50)32-20-56-12-11-47(32)37(53)30-5-4-10-46(30)36(29)52/h6-9,14-15,17,22-23,28-32H,4-5,10-13,16,18-20H2,1-3H3,(H,42,50)(H,44,49)(H2,43,45,55)/t22-,23+,28+,29+,30+,31+,32+/m1/s1. The highest BCUT2D eigenvalue weighted by Crippen LogP contribution is 2.27. The molecule has 0 spiro atoms. The summed E-state index contributed by atoms with van der Waals surface area (Å²) in [6, 6.07) is 1.18. The summed E-state index contributed by atoms with van der Waals surface area (Å²) < 4.78 is 39.7. The lowest BCUT2D eigenvalue weighted by atomic mass is 10.0. The summed E-state index contributed by atoms with van der Waals surface area (Å²) in [6.07, 6.45) is 0.451. The van der Waals surface area contributed by atoms with E-state index in [1.54, 1.807) is 24.3 Å². The van der Waals surface area contributed by atoms with Crippen molar-refractivity contribution in [2.45, 2.75) is 82.7 Å². The van der Waals surface area contributed by atoms with E-state index < -0.39 is 102 Å². The highest BCUT2D eigenvalue weighted by atomic mass is 19.1. The minimum Gasteiger partial charge on any atom is -0.461 e. The molecule has 16 nitrogen and oxygen atoms in total. The summed E-state index contributed by atoms with van der Waals surface area (Å²) in [5.74, 6) is -6.27. The van der Waals surface area contributed by atoms with E-state index in [0.717, 1.165) is 17.7 Å². The molecule has 4 aliphatic rings. The Morgan fingerprint density at radius 3 is 2.30 bits per heavy atom. The Morgan fingerprint density at radius 2 is 1.58 bits per heavy atom. The molecule has 7 atom stereocenters. The Balaban J connectivity index is 1.31. The number of amides is 7. The number of halogens is 2. The zero-order valence-electron chi connectivity index (χ0n) is 31.9. The van der Waals surface area contributed by atoms with Crippen molar-refractivity contribution >= 4 is 47.2 Å². The van der Waals surface area contributed by atoms with Crippen molar-refractivity contribution in [1.82, 2.24) is 30.7 Å². The van der Waals surface area contributed by atoms with Crippen LogP contribution in [0.2, 0.25) is 0 Å². The Hall–Kier alpha value is -5.65. The van der Waals surface area contributed by atoms with E-state index in [4.69, 9.17) is 9.47 Å². The van der Waals surface area contributed by atoms with E-state index in [-0.39, 0.29) is 57.2 Å². The first-order valence-electron chi connectivity index (χ1n) is 19.0. The fourth-order valence-corrected chi connectivity index (χ4v) is 7.74. The second-order valence-corrected chi connectivity index (χ2v) is 15.1. The molecule has 4 fully saturated rings. The highest BCUT2D eigenvalue weighted by molar-refractivity contribution is 5.98. The third-order valence-corrected chi connectivity index (χ3v) is 10.6. The minimum atomic E-state index is -1.61. The number of carbonyl (C=O) groups excluding carboxylic acids is 7. The molecule has 0 aromatic heterocycles. The maximum Gasteiger partial charge on any atom is 0.328 e. The van der Waals surface area contributed by atoms with Crippen LogP contribution in [0, 0.1) is 24.5 Å². The molecule has 2 aromatic carbocycles. The van der Waals surface area contributed by atoms with Crippen LogP contribution in [-0.4, -0.2) is 132 Å². The highest BCUT2D eigenvalue weighted by Gasteiger charge is 2.46. The van der Waals surface area contributed by atoms with E-state index >= 15 is 0 Å². The molecule has 4 saturated heterocycles. The van der Waals surface area contributed by atoms with Crippen molar-refractivity contribution in [3.8, 4) is 0 Å². The normalized spacial score (nSPS) is 26.5. The molecule has 4 heterocycles. The lowest BCUT2D eigenvalue weighted by Crippen LogP contribution is -2.63. The molecule has 0 bridgehead atoms. The smallest absolute Gasteiger partial charge is 0.328 e. The first kappa shape index (κ1) is 41.0. The fraction of sp³-hybridized carbons (Fsp3) is 0.513. The van der Waals surface area contributed by atoms with E-state index in [0.29, 0.717) is 18.2 Å². The van der Waals surface area contributed by atoms with Gasteiger partial charge in [0, 0.05) is 37.8 Å². The Morgan fingerprint density at radius 1 is 0.877 bits per heavy atom. The van der Waals surface area contributed by atoms with Crippen molar-refractivity contribution < 1.29 is 51.8 Å². The number of aryl methyl sites for hydroxylation is 1. The average Bonchev–Trinajstić information content (AvgIpc) is 3.82. The predicted molar refractivity (Wildman–Crippen MR) is 198 cm³/mol. The number of benzene rings is 2. The van der Waals surface area contributed by atoms with Gasteiger partial charge >= 0.3 is 12.0 Å². The second-order valence-electron chi connectivity index (χ2n) is 15.1. The van der Waals surface area contributed by atoms with Crippen molar-refractivity contribution in [3.63, 3.8) is 0 Å². The van der Waals surface area contributed by atoms with Crippen molar-refractivity contribution in [3.05, 3.63) is 65.2 Å². The summed E-state index contributed by atoms with van der Waals surface area (Å²) in [6.45, 7) is 4.78. The number of fused-ring (bicyclic) bond motifs is 3. The van der Waals surface area contributed by atoms with Crippen LogP contribution < -0.4 is 21.3 Å². The maximum atomic E-state index is 14.4. The van der Waals surface area contributed by atoms with E-state index in [1.165, 1.54) is 21.6 Å². The number of hydrogen-bond acceptors (Lipinski definition) is 9. The van der Waals surface area contributed by atoms with E-state index in [1.807, 2.05) is 13.8 Å². The summed E-state index contributed by atoms with van der Waals surface area (Å²) in [4.78, 5) is 101. The van der Waals surface area contributed by atoms with Crippen molar-refractivity contribution in [2.75, 3.05) is 44.8 Å². The van der Waals surface area contributed by atoms with Gasteiger partial charge in [0.15, 0.2) is 0 Å². The third kappa shape index (κ3) is 9.67. The Kier molecular flexibility index (Phi) is 12.7. The van der Waals surface area contributed by atoms with Gasteiger partial charge in [-0.25, -0.2) is 18.4 Å². The topological polar surface area (TPSA) is 196 Å². The SMILES string of the molecule is Cc1ccc(NC(=O)N[C@@H](Cc2cc(F)cc(F)c2)C(=O)N[C@H]2COC(=O)[C@@H]3C[C@@H](C)CN3C(=O)[C@H](C)NC(=O)[C@@H]3COCCN3C(=O)[C@@H]3CCCN3C2=O)cc1. The molecule has 7 amide bonds. The van der Waals surface area contributed by atoms with Crippen LogP contribution in [0.3, 0.4) is 0 Å². The van der Waals surface area contributed by atoms with Gasteiger partial charge in [-0.3, -0.25) is 24.0 Å². The zero-order valence-corrected chi connectivity index (χ0v) is 31.9. The quantitative estimate of drug-likeness (QED) is 0.309. The van der Waals surface area contributed by atoms with Gasteiger partial charge in [0.05, 0.1) is 13.2 Å². The van der Waals surface area contributed by atoms with Gasteiger partial charge in [-0.05, 0) is 68.9 Å². The number of nitrogens with zero attached hydrogens (tertiary/aromatic N) is 3. The molecule has 18 heteroatoms. The lowest BCUT2D eigenvalue weighted by Gasteiger charge is -2.39. The van der Waals surface area contributed by atoms with Gasteiger partial charge < -0.3 is 45.4 Å². The first-order chi connectivity index (χ1) is 27.2. The third-order valence-electron chi connectivity index (χ3n) is 10.6. The lowest BCUT2D eigenvalue weighted by molar-refractivity contribution is -0.160. The Bertz CT molecular complexity index is 1880. The van der Waals surface area contributed by atoms with Crippen LogP contribution in [0.15, 0.2) is 42.5 Å². The molecule has 306 valence electrons. The summed E-state index contributed by atoms with van der Waals surface area (Å²) >= 11 is 0. The molecule has 6 rings (SSSR count). The van der Waals surface area contributed by atoms with Crippen LogP contribution in [0.5, 0.6) is 0 Å². The fourth-order valence-electron chi connectivity index (χ4n) is 7.74. The van der Waals surface area contributed by atoms with Gasteiger partial charge in [0.25, 0.3) is 0 Å². The molecule has 0 unspecified atom stereocenters. The van der Waals surface area contributed by atoms with Crippen LogP contribution >= 0.6 is 0 Å². The number of morpholine rings is 1. The number of carbonyl (C=O) groups is 7. The molecule has 0 saturated carbocycles. The number of rotatable bonds is 6. The van der Waals surface area contributed by atoms with Gasteiger partial charge in [-0.1, -0.05) is 24.6 Å². The number of ether oxygens (including phenoxy) is 2. The van der Waals surface area contributed by atoms with Crippen LogP contribution in [0.4, 0.5) is 19.3 Å². The summed E-state index contributed by atoms with van der Waals surface area (Å²) in [5.41, 5.74) is 1.34. The monoisotopic (exact) mass is 795 g/mol. The van der Waals surface area contributed by atoms with Gasteiger partial charge in [0.1, 0.15) is 54.5 Å². The van der Waals surface area contributed by atoms with E-state index in [9.17, 15) is 42.3 Å². The first-order valence-corrected chi connectivity index (χ1v) is 19.0. The largest absolute Gasteiger partial charge is 0.461 e. The number of cyclic esters (lactones) is 1.